The minimum atomic E-state index is -0.439. The van der Waals surface area contributed by atoms with Gasteiger partial charge in [0.15, 0.2) is 0 Å². The smallest absolute Gasteiger partial charge is 0.338 e. The number of rotatable bonds is 5. The summed E-state index contributed by atoms with van der Waals surface area (Å²) in [6.07, 6.45) is 0.482. The Morgan fingerprint density at radius 3 is 1.45 bits per heavy atom. The Hall–Kier alpha value is -0.730. The first-order valence-electron chi connectivity index (χ1n) is 7.61. The highest BCUT2D eigenvalue weighted by atomic mass is 35.5. The van der Waals surface area contributed by atoms with Crippen LogP contribution in [0, 0.1) is 0 Å². The predicted octanol–water partition coefficient (Wildman–Crippen LogP) is 6.30. The van der Waals surface area contributed by atoms with E-state index in [0.29, 0.717) is 29.2 Å². The molecule has 0 aromatic heterocycles. The first-order valence-corrected chi connectivity index (χ1v) is 10.7. The van der Waals surface area contributed by atoms with E-state index < -0.39 is 5.24 Å². The maximum absolute atomic E-state index is 11.2. The highest BCUT2D eigenvalue weighted by Gasteiger charge is 2.04. The van der Waals surface area contributed by atoms with Crippen molar-refractivity contribution in [2.75, 3.05) is 12.7 Å². The topological polar surface area (TPSA) is 63.6 Å². The molecule has 0 saturated heterocycles. The van der Waals surface area contributed by atoms with E-state index in [0.717, 1.165) is 11.1 Å². The van der Waals surface area contributed by atoms with Crippen LogP contribution in [0.25, 0.3) is 0 Å². The average molecular weight is 502 g/mol. The average Bonchev–Trinajstić information content (AvgIpc) is 2.69. The quantitative estimate of drug-likeness (QED) is 0.226. The van der Waals surface area contributed by atoms with E-state index in [1.165, 1.54) is 0 Å². The van der Waals surface area contributed by atoms with Gasteiger partial charge in [0.05, 0.1) is 11.9 Å². The fourth-order valence-electron chi connectivity index (χ4n) is 1.61. The van der Waals surface area contributed by atoms with Gasteiger partial charge < -0.3 is 9.84 Å². The number of carbonyl (C=O) groups excluding carboxylic acids is 2. The van der Waals surface area contributed by atoms with Gasteiger partial charge in [-0.25, -0.2) is 4.79 Å². The molecule has 2 aromatic rings. The summed E-state index contributed by atoms with van der Waals surface area (Å²) >= 11 is 16.4. The van der Waals surface area contributed by atoms with Crippen LogP contribution in [0.5, 0.6) is 0 Å². The SMILES string of the molecule is C.C.O=C(Cl)c1ccc(CCl)cc1.O=C(OCP)c1ccc(CCl)cc1.OCP. The van der Waals surface area contributed by atoms with Crippen LogP contribution in [0.3, 0.4) is 0 Å². The second-order valence-electron chi connectivity index (χ2n) is 4.72. The molecule has 9 heteroatoms. The summed E-state index contributed by atoms with van der Waals surface area (Å²) in [5.41, 5.74) is 3.02. The molecule has 2 rings (SSSR count). The molecule has 0 bridgehead atoms. The molecule has 2 aromatic carbocycles. The van der Waals surface area contributed by atoms with Crippen LogP contribution in [0.1, 0.15) is 46.7 Å². The highest BCUT2D eigenvalue weighted by molar-refractivity contribution is 7.16. The number of benzene rings is 2. The van der Waals surface area contributed by atoms with E-state index in [1.807, 2.05) is 12.1 Å². The molecule has 0 heterocycles. The zero-order valence-corrected chi connectivity index (χ0v) is 19.0. The van der Waals surface area contributed by atoms with Crippen molar-refractivity contribution in [1.82, 2.24) is 0 Å². The molecule has 2 unspecified atom stereocenters. The Kier molecular flexibility index (Phi) is 23.3. The molecule has 0 amide bonds. The number of carbonyl (C=O) groups is 2. The van der Waals surface area contributed by atoms with Gasteiger partial charge in [0.1, 0.15) is 6.35 Å². The summed E-state index contributed by atoms with van der Waals surface area (Å²) in [4.78, 5) is 21.8. The molecule has 0 aliphatic heterocycles. The van der Waals surface area contributed by atoms with E-state index in [-0.39, 0.29) is 27.2 Å². The van der Waals surface area contributed by atoms with E-state index >= 15 is 0 Å². The van der Waals surface area contributed by atoms with Crippen molar-refractivity contribution in [3.05, 3.63) is 70.8 Å². The number of ether oxygens (including phenoxy) is 1. The van der Waals surface area contributed by atoms with E-state index in [9.17, 15) is 9.59 Å². The standard InChI is InChI=1S/C9H10ClO2P.C8H6Cl2O.CH5OP.2CH4/c10-5-7-1-3-8(4-2-7)9(11)12-6-13;9-5-6-1-3-7(4-2-6)8(10)11;2-1-3;;/h1-4H,5-6,13H2;1-4H,5H2;2H,1,3H2;2*1H4. The van der Waals surface area contributed by atoms with E-state index in [2.05, 4.69) is 18.5 Å². The summed E-state index contributed by atoms with van der Waals surface area (Å²) in [5.74, 6) is 0.603. The van der Waals surface area contributed by atoms with Crippen LogP contribution in [-0.2, 0) is 16.5 Å². The van der Waals surface area contributed by atoms with Crippen molar-refractivity contribution in [3.8, 4) is 0 Å². The number of hydrogen-bond acceptors (Lipinski definition) is 4. The Bertz CT molecular complexity index is 681. The number of alkyl halides is 2. The normalized spacial score (nSPS) is 8.62. The maximum Gasteiger partial charge on any atom is 0.338 e. The van der Waals surface area contributed by atoms with Gasteiger partial charge in [0.2, 0.25) is 0 Å². The summed E-state index contributed by atoms with van der Waals surface area (Å²) in [5, 5.41) is 7.09. The zero-order chi connectivity index (χ0) is 20.7. The highest BCUT2D eigenvalue weighted by Crippen LogP contribution is 2.09. The summed E-state index contributed by atoms with van der Waals surface area (Å²) in [7, 11) is 4.46. The molecule has 0 fully saturated rings. The van der Waals surface area contributed by atoms with Gasteiger partial charge in [-0.15, -0.1) is 32.4 Å². The number of hydrogen-bond donors (Lipinski definition) is 1. The second-order valence-corrected chi connectivity index (χ2v) is 6.29. The molecule has 2 atom stereocenters. The lowest BCUT2D eigenvalue weighted by Crippen LogP contribution is -2.02. The largest absolute Gasteiger partial charge is 0.458 e. The van der Waals surface area contributed by atoms with Gasteiger partial charge in [0, 0.05) is 17.3 Å². The second kappa shape index (κ2) is 20.5. The summed E-state index contributed by atoms with van der Waals surface area (Å²) < 4.78 is 4.79. The third-order valence-electron chi connectivity index (χ3n) is 2.89. The molecule has 0 aliphatic carbocycles. The minimum absolute atomic E-state index is 0. The summed E-state index contributed by atoms with van der Waals surface area (Å²) in [6, 6.07) is 13.9. The molecular formula is C20H29Cl3O4P2. The Labute approximate surface area is 193 Å². The van der Waals surface area contributed by atoms with Gasteiger partial charge in [-0.3, -0.25) is 4.79 Å². The van der Waals surface area contributed by atoms with Crippen LogP contribution >= 0.6 is 53.3 Å². The van der Waals surface area contributed by atoms with E-state index in [4.69, 9.17) is 44.6 Å². The summed E-state index contributed by atoms with van der Waals surface area (Å²) in [6.45, 7) is 0. The molecular weight excluding hydrogens is 473 g/mol. The Balaban J connectivity index is -0.000000390. The van der Waals surface area contributed by atoms with Gasteiger partial charge in [-0.05, 0) is 47.0 Å². The lowest BCUT2D eigenvalue weighted by molar-refractivity contribution is 0.0578. The minimum Gasteiger partial charge on any atom is -0.458 e. The van der Waals surface area contributed by atoms with Crippen molar-refractivity contribution in [2.24, 2.45) is 0 Å². The fraction of sp³-hybridized carbons (Fsp3) is 0.300. The van der Waals surface area contributed by atoms with Gasteiger partial charge >= 0.3 is 5.97 Å². The third kappa shape index (κ3) is 14.8. The van der Waals surface area contributed by atoms with Crippen molar-refractivity contribution in [1.29, 1.82) is 0 Å². The zero-order valence-electron chi connectivity index (χ0n) is 14.4. The lowest BCUT2D eigenvalue weighted by atomic mass is 10.1. The van der Waals surface area contributed by atoms with Gasteiger partial charge in [-0.1, -0.05) is 48.4 Å². The van der Waals surface area contributed by atoms with Crippen molar-refractivity contribution in [3.63, 3.8) is 0 Å². The van der Waals surface area contributed by atoms with Gasteiger partial charge in [0.25, 0.3) is 5.24 Å². The molecule has 1 N–H and O–H groups in total. The first-order chi connectivity index (χ1) is 12.9. The van der Waals surface area contributed by atoms with Gasteiger partial charge in [-0.2, -0.15) is 0 Å². The number of esters is 1. The van der Waals surface area contributed by atoms with Crippen molar-refractivity contribution >= 4 is 64.5 Å². The fourth-order valence-corrected chi connectivity index (χ4v) is 2.25. The third-order valence-corrected chi connectivity index (χ3v) is 3.90. The van der Waals surface area contributed by atoms with Crippen molar-refractivity contribution < 1.29 is 19.4 Å². The number of halogens is 3. The molecule has 0 radical (unpaired) electrons. The van der Waals surface area contributed by atoms with E-state index in [1.54, 1.807) is 36.4 Å². The maximum atomic E-state index is 11.2. The Morgan fingerprint density at radius 2 is 1.17 bits per heavy atom. The van der Waals surface area contributed by atoms with Crippen LogP contribution in [0.15, 0.2) is 48.5 Å². The number of aliphatic hydroxyl groups is 1. The van der Waals surface area contributed by atoms with Crippen LogP contribution in [0.4, 0.5) is 0 Å². The first kappa shape index (κ1) is 32.9. The Morgan fingerprint density at radius 1 is 0.828 bits per heavy atom. The van der Waals surface area contributed by atoms with Crippen molar-refractivity contribution in [2.45, 2.75) is 26.6 Å². The number of aliphatic hydroxyl groups excluding tert-OH is 1. The molecule has 0 spiro atoms. The van der Waals surface area contributed by atoms with Crippen LogP contribution in [0.2, 0.25) is 0 Å². The van der Waals surface area contributed by atoms with Crippen LogP contribution in [-0.4, -0.2) is 29.0 Å². The molecule has 4 nitrogen and oxygen atoms in total. The lowest BCUT2D eigenvalue weighted by Gasteiger charge is -2.01. The van der Waals surface area contributed by atoms with Crippen LogP contribution < -0.4 is 0 Å². The monoisotopic (exact) mass is 500 g/mol. The molecule has 0 saturated carbocycles. The molecule has 29 heavy (non-hydrogen) atoms. The predicted molar refractivity (Wildman–Crippen MR) is 132 cm³/mol. The molecule has 0 aliphatic rings. The molecule has 164 valence electrons.